The molecule has 3 nitrogen and oxygen atoms in total. The van der Waals surface area contributed by atoms with Crippen molar-refractivity contribution in [3.05, 3.63) is 32.8 Å². The number of carbonyl (C=O) groups is 1. The Morgan fingerprint density at radius 1 is 0.963 bits per heavy atom. The zero-order valence-corrected chi connectivity index (χ0v) is 18.9. The van der Waals surface area contributed by atoms with Crippen LogP contribution in [0.1, 0.15) is 57.9 Å². The van der Waals surface area contributed by atoms with Crippen LogP contribution in [0.25, 0.3) is 0 Å². The van der Waals surface area contributed by atoms with E-state index in [1.54, 1.807) is 12.1 Å². The van der Waals surface area contributed by atoms with E-state index in [1.165, 1.54) is 12.8 Å². The SMILES string of the molecule is CCCN(CCC)C1CCCCC1N(C)C(=O)Cc1cc(Cl)c(Cl)cc1Cl. The normalized spacial score (nSPS) is 20.1. The van der Waals surface area contributed by atoms with Crippen LogP contribution in [-0.2, 0) is 11.2 Å². The lowest BCUT2D eigenvalue weighted by atomic mass is 9.87. The van der Waals surface area contributed by atoms with Crippen molar-refractivity contribution in [2.75, 3.05) is 20.1 Å². The predicted octanol–water partition coefficient (Wildman–Crippen LogP) is 6.08. The van der Waals surface area contributed by atoms with Gasteiger partial charge in [-0.25, -0.2) is 0 Å². The minimum atomic E-state index is 0.0835. The first-order valence-corrected chi connectivity index (χ1v) is 11.2. The molecule has 0 bridgehead atoms. The topological polar surface area (TPSA) is 23.6 Å². The molecule has 6 heteroatoms. The molecule has 0 N–H and O–H groups in total. The highest BCUT2D eigenvalue weighted by atomic mass is 35.5. The van der Waals surface area contributed by atoms with E-state index in [0.717, 1.165) is 44.3 Å². The lowest BCUT2D eigenvalue weighted by Crippen LogP contribution is -2.54. The lowest BCUT2D eigenvalue weighted by Gasteiger charge is -2.44. The molecule has 1 aliphatic rings. The van der Waals surface area contributed by atoms with Gasteiger partial charge in [-0.2, -0.15) is 0 Å². The van der Waals surface area contributed by atoms with E-state index in [2.05, 4.69) is 18.7 Å². The number of hydrogen-bond donors (Lipinski definition) is 0. The first-order chi connectivity index (χ1) is 12.9. The number of nitrogens with zero attached hydrogens (tertiary/aromatic N) is 2. The monoisotopic (exact) mass is 432 g/mol. The Balaban J connectivity index is 2.14. The van der Waals surface area contributed by atoms with Crippen LogP contribution in [-0.4, -0.2) is 47.9 Å². The number of likely N-dealkylation sites (N-methyl/N-ethyl adjacent to an activating group) is 1. The third-order valence-electron chi connectivity index (χ3n) is 5.51. The Kier molecular flexibility index (Phi) is 9.21. The Morgan fingerprint density at radius 2 is 1.52 bits per heavy atom. The molecule has 0 spiro atoms. The van der Waals surface area contributed by atoms with Gasteiger partial charge in [0.25, 0.3) is 0 Å². The fourth-order valence-corrected chi connectivity index (χ4v) is 4.80. The summed E-state index contributed by atoms with van der Waals surface area (Å²) in [5.41, 5.74) is 0.731. The lowest BCUT2D eigenvalue weighted by molar-refractivity contribution is -0.133. The smallest absolute Gasteiger partial charge is 0.227 e. The molecular formula is C21H31Cl3N2O. The van der Waals surface area contributed by atoms with Crippen LogP contribution < -0.4 is 0 Å². The minimum Gasteiger partial charge on any atom is -0.341 e. The molecule has 2 rings (SSSR count). The number of rotatable bonds is 8. The van der Waals surface area contributed by atoms with Gasteiger partial charge in [0.2, 0.25) is 5.91 Å². The summed E-state index contributed by atoms with van der Waals surface area (Å²) in [7, 11) is 1.94. The maximum atomic E-state index is 13.0. The van der Waals surface area contributed by atoms with Gasteiger partial charge in [0.1, 0.15) is 0 Å². The number of benzene rings is 1. The Morgan fingerprint density at radius 3 is 2.11 bits per heavy atom. The fourth-order valence-electron chi connectivity index (χ4n) is 4.16. The van der Waals surface area contributed by atoms with Crippen LogP contribution in [0.5, 0.6) is 0 Å². The Labute approximate surface area is 178 Å². The van der Waals surface area contributed by atoms with Crippen molar-refractivity contribution in [3.63, 3.8) is 0 Å². The summed E-state index contributed by atoms with van der Waals surface area (Å²) in [6.07, 6.45) is 7.17. The van der Waals surface area contributed by atoms with Crippen molar-refractivity contribution < 1.29 is 4.79 Å². The van der Waals surface area contributed by atoms with Crippen LogP contribution in [0.3, 0.4) is 0 Å². The van der Waals surface area contributed by atoms with Gasteiger partial charge in [0.05, 0.1) is 16.5 Å². The number of carbonyl (C=O) groups excluding carboxylic acids is 1. The molecule has 0 aliphatic heterocycles. The largest absolute Gasteiger partial charge is 0.341 e. The Hall–Kier alpha value is -0.480. The van der Waals surface area contributed by atoms with E-state index in [1.807, 2.05) is 11.9 Å². The molecule has 1 aromatic rings. The van der Waals surface area contributed by atoms with Crippen molar-refractivity contribution in [3.8, 4) is 0 Å². The maximum Gasteiger partial charge on any atom is 0.227 e. The first kappa shape index (κ1) is 22.8. The van der Waals surface area contributed by atoms with Gasteiger partial charge in [-0.3, -0.25) is 9.69 Å². The molecule has 152 valence electrons. The van der Waals surface area contributed by atoms with Gasteiger partial charge in [0, 0.05) is 24.2 Å². The predicted molar refractivity (Wildman–Crippen MR) is 116 cm³/mol. The molecule has 0 aromatic heterocycles. The summed E-state index contributed by atoms with van der Waals surface area (Å²) in [6, 6.07) is 4.01. The molecule has 0 saturated heterocycles. The highest BCUT2D eigenvalue weighted by Gasteiger charge is 2.34. The van der Waals surface area contributed by atoms with Crippen LogP contribution >= 0.6 is 34.8 Å². The average molecular weight is 434 g/mol. The molecule has 1 aliphatic carbocycles. The van der Waals surface area contributed by atoms with Gasteiger partial charge >= 0.3 is 0 Å². The van der Waals surface area contributed by atoms with E-state index in [-0.39, 0.29) is 18.4 Å². The molecule has 1 saturated carbocycles. The van der Waals surface area contributed by atoms with Gasteiger partial charge < -0.3 is 4.90 Å². The summed E-state index contributed by atoms with van der Waals surface area (Å²) < 4.78 is 0. The second-order valence-corrected chi connectivity index (χ2v) is 8.72. The van der Waals surface area contributed by atoms with E-state index in [4.69, 9.17) is 34.8 Å². The Bertz CT molecular complexity index is 632. The molecule has 1 aromatic carbocycles. The molecule has 1 fully saturated rings. The van der Waals surface area contributed by atoms with Crippen molar-refractivity contribution in [1.82, 2.24) is 9.80 Å². The van der Waals surface area contributed by atoms with Crippen molar-refractivity contribution >= 4 is 40.7 Å². The molecule has 2 unspecified atom stereocenters. The summed E-state index contributed by atoms with van der Waals surface area (Å²) in [5.74, 6) is 0.0835. The molecule has 0 radical (unpaired) electrons. The van der Waals surface area contributed by atoms with Crippen molar-refractivity contribution in [2.45, 2.75) is 70.9 Å². The average Bonchev–Trinajstić information content (AvgIpc) is 2.65. The van der Waals surface area contributed by atoms with E-state index in [9.17, 15) is 4.79 Å². The van der Waals surface area contributed by atoms with Gasteiger partial charge in [-0.05, 0) is 56.5 Å². The molecule has 1 amide bonds. The first-order valence-electron chi connectivity index (χ1n) is 10.0. The third-order valence-corrected chi connectivity index (χ3v) is 6.58. The maximum absolute atomic E-state index is 13.0. The summed E-state index contributed by atoms with van der Waals surface area (Å²) in [5, 5.41) is 1.33. The van der Waals surface area contributed by atoms with Gasteiger partial charge in [-0.15, -0.1) is 0 Å². The third kappa shape index (κ3) is 6.00. The zero-order valence-electron chi connectivity index (χ0n) is 16.6. The van der Waals surface area contributed by atoms with Crippen LogP contribution in [0.2, 0.25) is 15.1 Å². The molecule has 27 heavy (non-hydrogen) atoms. The van der Waals surface area contributed by atoms with E-state index in [0.29, 0.717) is 21.1 Å². The van der Waals surface area contributed by atoms with Gasteiger partial charge in [-0.1, -0.05) is 61.5 Å². The molecular weight excluding hydrogens is 403 g/mol. The summed E-state index contributed by atoms with van der Waals surface area (Å²) >= 11 is 18.4. The van der Waals surface area contributed by atoms with Crippen molar-refractivity contribution in [2.24, 2.45) is 0 Å². The quantitative estimate of drug-likeness (QED) is 0.464. The van der Waals surface area contributed by atoms with Crippen LogP contribution in [0.4, 0.5) is 0 Å². The minimum absolute atomic E-state index is 0.0835. The summed E-state index contributed by atoms with van der Waals surface area (Å²) in [4.78, 5) is 17.5. The van der Waals surface area contributed by atoms with Crippen LogP contribution in [0, 0.1) is 0 Å². The molecule has 0 heterocycles. The van der Waals surface area contributed by atoms with Gasteiger partial charge in [0.15, 0.2) is 0 Å². The van der Waals surface area contributed by atoms with Crippen molar-refractivity contribution in [1.29, 1.82) is 0 Å². The standard InChI is InChI=1S/C21H31Cl3N2O/c1-4-10-26(11-5-2)20-9-7-6-8-19(20)25(3)21(27)13-15-12-17(23)18(24)14-16(15)22/h12,14,19-20H,4-11,13H2,1-3H3. The van der Waals surface area contributed by atoms with Crippen LogP contribution in [0.15, 0.2) is 12.1 Å². The number of amides is 1. The highest BCUT2D eigenvalue weighted by molar-refractivity contribution is 6.43. The molecule has 2 atom stereocenters. The number of halogens is 3. The number of hydrogen-bond acceptors (Lipinski definition) is 2. The second-order valence-electron chi connectivity index (χ2n) is 7.49. The zero-order chi connectivity index (χ0) is 20.0. The summed E-state index contributed by atoms with van der Waals surface area (Å²) in [6.45, 7) is 6.63. The van der Waals surface area contributed by atoms with E-state index >= 15 is 0 Å². The second kappa shape index (κ2) is 10.9. The van der Waals surface area contributed by atoms with E-state index < -0.39 is 0 Å². The fraction of sp³-hybridized carbons (Fsp3) is 0.667. The highest BCUT2D eigenvalue weighted by Crippen LogP contribution is 2.31.